The number of halogens is 1. The maximum absolute atomic E-state index is 12.2. The fourth-order valence-corrected chi connectivity index (χ4v) is 3.75. The molecule has 0 radical (unpaired) electrons. The number of allylic oxidation sites excluding steroid dienone is 1. The smallest absolute Gasteiger partial charge is 0.147 e. The number of aromatic nitrogens is 1. The number of carbonyl (C=O) groups is 1. The molecule has 1 atom stereocenters. The average Bonchev–Trinajstić information content (AvgIpc) is 2.76. The first kappa shape index (κ1) is 18.9. The number of pyridine rings is 1. The number of aldehydes is 1. The van der Waals surface area contributed by atoms with Crippen LogP contribution in [-0.4, -0.2) is 11.3 Å². The van der Waals surface area contributed by atoms with Gasteiger partial charge in [-0.3, -0.25) is 0 Å². The lowest BCUT2D eigenvalue weighted by atomic mass is 9.91. The Balaban J connectivity index is 1.92. The summed E-state index contributed by atoms with van der Waals surface area (Å²) in [5.74, 6) is 0.698. The number of nitrogens with zero attached hydrogens (tertiary/aromatic N) is 2. The molecule has 0 N–H and O–H groups in total. The normalized spacial score (nSPS) is 16.0. The summed E-state index contributed by atoms with van der Waals surface area (Å²) in [6.07, 6.45) is 8.56. The van der Waals surface area contributed by atoms with Gasteiger partial charge in [0.05, 0.1) is 5.70 Å². The summed E-state index contributed by atoms with van der Waals surface area (Å²) in [7, 11) is 0. The minimum Gasteiger partial charge on any atom is -0.311 e. The molecule has 1 unspecified atom stereocenters. The van der Waals surface area contributed by atoms with Crippen LogP contribution in [0, 0.1) is 0 Å². The first-order chi connectivity index (χ1) is 14.2. The molecular weight excluding hydrogens is 380 g/mol. The van der Waals surface area contributed by atoms with Crippen LogP contribution in [0.3, 0.4) is 0 Å². The van der Waals surface area contributed by atoms with E-state index in [2.05, 4.69) is 17.6 Å². The van der Waals surface area contributed by atoms with Crippen LogP contribution >= 0.6 is 11.6 Å². The molecule has 4 rings (SSSR count). The summed E-state index contributed by atoms with van der Waals surface area (Å²) in [4.78, 5) is 18.7. The van der Waals surface area contributed by atoms with Crippen molar-refractivity contribution in [2.75, 3.05) is 4.90 Å². The van der Waals surface area contributed by atoms with Crippen molar-refractivity contribution in [3.63, 3.8) is 0 Å². The molecule has 0 spiro atoms. The van der Waals surface area contributed by atoms with Gasteiger partial charge in [0.15, 0.2) is 0 Å². The van der Waals surface area contributed by atoms with Crippen LogP contribution in [0.5, 0.6) is 0 Å². The molecule has 0 saturated heterocycles. The quantitative estimate of drug-likeness (QED) is 0.384. The number of benzene rings is 2. The van der Waals surface area contributed by atoms with E-state index in [9.17, 15) is 4.79 Å². The first-order valence-electron chi connectivity index (χ1n) is 9.27. The van der Waals surface area contributed by atoms with Gasteiger partial charge in [-0.1, -0.05) is 66.7 Å². The summed E-state index contributed by atoms with van der Waals surface area (Å²) in [6, 6.07) is 20.7. The van der Waals surface area contributed by atoms with E-state index in [1.54, 1.807) is 12.3 Å². The van der Waals surface area contributed by atoms with Gasteiger partial charge in [0.2, 0.25) is 0 Å². The van der Waals surface area contributed by atoms with Gasteiger partial charge in [0.25, 0.3) is 0 Å². The Bertz CT molecular complexity index is 1120. The first-order valence-corrected chi connectivity index (χ1v) is 9.65. The number of hydrogen-bond acceptors (Lipinski definition) is 3. The largest absolute Gasteiger partial charge is 0.311 e. The molecule has 29 heavy (non-hydrogen) atoms. The van der Waals surface area contributed by atoms with Crippen LogP contribution in [0.2, 0.25) is 5.02 Å². The Kier molecular flexibility index (Phi) is 5.41. The summed E-state index contributed by atoms with van der Waals surface area (Å²) in [5.41, 5.74) is 4.64. The molecule has 4 heteroatoms. The number of anilines is 1. The Morgan fingerprint density at radius 1 is 1.07 bits per heavy atom. The zero-order valence-corrected chi connectivity index (χ0v) is 16.5. The fourth-order valence-electron chi connectivity index (χ4n) is 3.55. The lowest BCUT2D eigenvalue weighted by Crippen LogP contribution is -2.33. The van der Waals surface area contributed by atoms with Crippen LogP contribution in [0.4, 0.5) is 5.82 Å². The highest BCUT2D eigenvalue weighted by Gasteiger charge is 2.31. The Hall–Kier alpha value is -3.43. The molecule has 0 bridgehead atoms. The van der Waals surface area contributed by atoms with Crippen molar-refractivity contribution >= 4 is 35.9 Å². The molecule has 1 aromatic heterocycles. The second kappa shape index (κ2) is 8.29. The van der Waals surface area contributed by atoms with Gasteiger partial charge >= 0.3 is 0 Å². The molecule has 0 amide bonds. The van der Waals surface area contributed by atoms with Gasteiger partial charge in [0, 0.05) is 11.2 Å². The van der Waals surface area contributed by atoms with Crippen LogP contribution in [0.15, 0.2) is 96.9 Å². The predicted octanol–water partition coefficient (Wildman–Crippen LogP) is 6.11. The summed E-state index contributed by atoms with van der Waals surface area (Å²) < 4.78 is 0. The average molecular weight is 399 g/mol. The zero-order valence-electron chi connectivity index (χ0n) is 15.7. The van der Waals surface area contributed by atoms with E-state index in [1.165, 1.54) is 0 Å². The van der Waals surface area contributed by atoms with E-state index in [0.29, 0.717) is 10.8 Å². The summed E-state index contributed by atoms with van der Waals surface area (Å²) in [6.45, 7) is 4.01. The molecule has 0 aliphatic carbocycles. The van der Waals surface area contributed by atoms with Crippen LogP contribution < -0.4 is 4.90 Å². The van der Waals surface area contributed by atoms with Crippen LogP contribution in [-0.2, 0) is 4.79 Å². The molecule has 3 nitrogen and oxygen atoms in total. The standard InChI is InChI=1S/C25H19ClN2O/c1-2-19(14-18-8-7-10-21(26)15-18)23-16-20-9-3-4-11-22(20)24(17-29)28(23)25-12-5-6-13-27-25/h2-17,24H,1H2. The Morgan fingerprint density at radius 2 is 1.90 bits per heavy atom. The third kappa shape index (κ3) is 3.78. The molecule has 1 aliphatic heterocycles. The molecule has 0 fully saturated rings. The van der Waals surface area contributed by atoms with Crippen molar-refractivity contribution in [3.05, 3.63) is 119 Å². The Morgan fingerprint density at radius 3 is 2.62 bits per heavy atom. The summed E-state index contributed by atoms with van der Waals surface area (Å²) in [5, 5.41) is 0.664. The van der Waals surface area contributed by atoms with Gasteiger partial charge in [-0.25, -0.2) is 4.98 Å². The van der Waals surface area contributed by atoms with Gasteiger partial charge in [-0.2, -0.15) is 0 Å². The maximum atomic E-state index is 12.2. The fraction of sp³-hybridized carbons (Fsp3) is 0.0400. The minimum absolute atomic E-state index is 0.483. The second-order valence-corrected chi connectivity index (χ2v) is 7.09. The molecule has 2 heterocycles. The third-order valence-electron chi connectivity index (χ3n) is 4.86. The van der Waals surface area contributed by atoms with E-state index < -0.39 is 6.04 Å². The second-order valence-electron chi connectivity index (χ2n) is 6.66. The van der Waals surface area contributed by atoms with Gasteiger partial charge in [0.1, 0.15) is 18.1 Å². The lowest BCUT2D eigenvalue weighted by Gasteiger charge is -2.36. The topological polar surface area (TPSA) is 33.2 Å². The number of carbonyl (C=O) groups excluding carboxylic acids is 1. The molecule has 0 saturated carbocycles. The molecular formula is C25H19ClN2O. The van der Waals surface area contributed by atoms with E-state index in [1.807, 2.05) is 77.7 Å². The van der Waals surface area contributed by atoms with E-state index >= 15 is 0 Å². The number of hydrogen-bond donors (Lipinski definition) is 0. The Labute approximate surface area is 175 Å². The van der Waals surface area contributed by atoms with Gasteiger partial charge in [-0.05, 0) is 58.7 Å². The maximum Gasteiger partial charge on any atom is 0.147 e. The summed E-state index contributed by atoms with van der Waals surface area (Å²) >= 11 is 6.16. The number of rotatable bonds is 5. The molecule has 2 aromatic carbocycles. The van der Waals surface area contributed by atoms with Crippen LogP contribution in [0.25, 0.3) is 12.2 Å². The highest BCUT2D eigenvalue weighted by molar-refractivity contribution is 6.30. The number of fused-ring (bicyclic) bond motifs is 1. The van der Waals surface area contributed by atoms with Crippen molar-refractivity contribution in [3.8, 4) is 0 Å². The van der Waals surface area contributed by atoms with Crippen molar-refractivity contribution < 1.29 is 4.79 Å². The monoisotopic (exact) mass is 398 g/mol. The van der Waals surface area contributed by atoms with E-state index in [0.717, 1.165) is 34.2 Å². The minimum atomic E-state index is -0.483. The lowest BCUT2D eigenvalue weighted by molar-refractivity contribution is -0.109. The molecule has 1 aliphatic rings. The third-order valence-corrected chi connectivity index (χ3v) is 5.09. The van der Waals surface area contributed by atoms with Crippen molar-refractivity contribution in [1.82, 2.24) is 4.98 Å². The van der Waals surface area contributed by atoms with Crippen LogP contribution in [0.1, 0.15) is 22.7 Å². The van der Waals surface area contributed by atoms with E-state index in [-0.39, 0.29) is 0 Å². The SMILES string of the molecule is C=CC(=Cc1cccc(Cl)c1)C1=Cc2ccccc2C(C=O)N1c1ccccn1. The molecule has 142 valence electrons. The van der Waals surface area contributed by atoms with Crippen molar-refractivity contribution in [2.24, 2.45) is 0 Å². The molecule has 3 aromatic rings. The predicted molar refractivity (Wildman–Crippen MR) is 120 cm³/mol. The van der Waals surface area contributed by atoms with Crippen molar-refractivity contribution in [1.29, 1.82) is 0 Å². The highest BCUT2D eigenvalue weighted by atomic mass is 35.5. The van der Waals surface area contributed by atoms with Gasteiger partial charge < -0.3 is 9.69 Å². The zero-order chi connectivity index (χ0) is 20.2. The highest BCUT2D eigenvalue weighted by Crippen LogP contribution is 2.39. The van der Waals surface area contributed by atoms with E-state index in [4.69, 9.17) is 11.6 Å². The van der Waals surface area contributed by atoms with Gasteiger partial charge in [-0.15, -0.1) is 0 Å². The van der Waals surface area contributed by atoms with Crippen molar-refractivity contribution in [2.45, 2.75) is 6.04 Å².